The van der Waals surface area contributed by atoms with Crippen LogP contribution in [0.5, 0.6) is 5.75 Å². The summed E-state index contributed by atoms with van der Waals surface area (Å²) in [5, 5.41) is 14.9. The summed E-state index contributed by atoms with van der Waals surface area (Å²) in [5.41, 5.74) is 2.01. The maximum atomic E-state index is 13.5. The van der Waals surface area contributed by atoms with Gasteiger partial charge in [0.15, 0.2) is 0 Å². The number of hydrogen-bond donors (Lipinski definition) is 2. The van der Waals surface area contributed by atoms with E-state index < -0.39 is 11.4 Å². The maximum Gasteiger partial charge on any atom is 0.298 e. The minimum atomic E-state index is -0.422. The lowest BCUT2D eigenvalue weighted by Gasteiger charge is -2.04. The first-order valence-electron chi connectivity index (χ1n) is 8.23. The summed E-state index contributed by atoms with van der Waals surface area (Å²) in [6.45, 7) is 3.66. The molecule has 27 heavy (non-hydrogen) atoms. The highest BCUT2D eigenvalue weighted by molar-refractivity contribution is 6.04. The molecule has 0 aliphatic heterocycles. The van der Waals surface area contributed by atoms with Crippen LogP contribution in [-0.4, -0.2) is 26.0 Å². The molecule has 4 aromatic rings. The molecule has 7 heteroatoms. The molecule has 0 atom stereocenters. The lowest BCUT2D eigenvalue weighted by atomic mass is 10.1. The van der Waals surface area contributed by atoms with E-state index in [-0.39, 0.29) is 11.3 Å². The Morgan fingerprint density at radius 2 is 2.19 bits per heavy atom. The highest BCUT2D eigenvalue weighted by Gasteiger charge is 2.11. The standard InChI is InChI=1S/C20H15FN4O2/c1-2-4-12-5-3-6-13(19(12)26)10-23-25-11-22-17-15-9-14(21)7-8-16(15)24-18(17)20(25)27/h2-3,5-11,24,26H,1,4H2. The quantitative estimate of drug-likeness (QED) is 0.431. The second-order valence-electron chi connectivity index (χ2n) is 6.03. The highest BCUT2D eigenvalue weighted by Crippen LogP contribution is 2.23. The third kappa shape index (κ3) is 2.89. The van der Waals surface area contributed by atoms with Gasteiger partial charge in [0.25, 0.3) is 5.56 Å². The topological polar surface area (TPSA) is 83.3 Å². The first kappa shape index (κ1) is 16.7. The molecule has 0 aliphatic carbocycles. The molecule has 0 fully saturated rings. The molecular formula is C20H15FN4O2. The number of fused-ring (bicyclic) bond motifs is 3. The molecule has 2 aromatic heterocycles. The van der Waals surface area contributed by atoms with E-state index in [9.17, 15) is 14.3 Å². The Hall–Kier alpha value is -3.74. The maximum absolute atomic E-state index is 13.5. The smallest absolute Gasteiger partial charge is 0.298 e. The summed E-state index contributed by atoms with van der Waals surface area (Å²) < 4.78 is 14.5. The number of para-hydroxylation sites is 1. The van der Waals surface area contributed by atoms with Crippen LogP contribution in [0, 0.1) is 5.82 Å². The number of hydrogen-bond acceptors (Lipinski definition) is 4. The van der Waals surface area contributed by atoms with Crippen molar-refractivity contribution in [3.8, 4) is 5.75 Å². The van der Waals surface area contributed by atoms with Gasteiger partial charge in [0.1, 0.15) is 28.9 Å². The first-order chi connectivity index (χ1) is 13.1. The van der Waals surface area contributed by atoms with E-state index >= 15 is 0 Å². The largest absolute Gasteiger partial charge is 0.507 e. The number of phenolic OH excluding ortho intramolecular Hbond substituents is 1. The van der Waals surface area contributed by atoms with Gasteiger partial charge in [-0.15, -0.1) is 6.58 Å². The van der Waals surface area contributed by atoms with Gasteiger partial charge in [-0.1, -0.05) is 18.2 Å². The summed E-state index contributed by atoms with van der Waals surface area (Å²) in [5.74, 6) is -0.313. The van der Waals surface area contributed by atoms with Gasteiger partial charge in [0.2, 0.25) is 0 Å². The molecule has 0 spiro atoms. The van der Waals surface area contributed by atoms with Gasteiger partial charge in [-0.25, -0.2) is 9.37 Å². The number of halogens is 1. The Bertz CT molecular complexity index is 1270. The van der Waals surface area contributed by atoms with E-state index in [1.165, 1.54) is 24.7 Å². The lowest BCUT2D eigenvalue weighted by Crippen LogP contribution is -2.17. The monoisotopic (exact) mass is 362 g/mol. The van der Waals surface area contributed by atoms with E-state index in [0.29, 0.717) is 34.0 Å². The first-order valence-corrected chi connectivity index (χ1v) is 8.23. The zero-order valence-corrected chi connectivity index (χ0v) is 14.2. The van der Waals surface area contributed by atoms with Crippen molar-refractivity contribution in [1.29, 1.82) is 0 Å². The number of benzene rings is 2. The molecule has 0 amide bonds. The minimum Gasteiger partial charge on any atom is -0.507 e. The van der Waals surface area contributed by atoms with Crippen molar-refractivity contribution >= 4 is 28.2 Å². The fraction of sp³-hybridized carbons (Fsp3) is 0.0500. The lowest BCUT2D eigenvalue weighted by molar-refractivity contribution is 0.469. The summed E-state index contributed by atoms with van der Waals surface area (Å²) in [4.78, 5) is 19.8. The van der Waals surface area contributed by atoms with Gasteiger partial charge < -0.3 is 10.1 Å². The van der Waals surface area contributed by atoms with Crippen LogP contribution in [-0.2, 0) is 6.42 Å². The van der Waals surface area contributed by atoms with E-state index in [1.807, 2.05) is 0 Å². The Labute approximate surface area is 152 Å². The van der Waals surface area contributed by atoms with E-state index in [2.05, 4.69) is 21.6 Å². The second kappa shape index (κ2) is 6.53. The zero-order valence-electron chi connectivity index (χ0n) is 14.2. The van der Waals surface area contributed by atoms with Gasteiger partial charge >= 0.3 is 0 Å². The van der Waals surface area contributed by atoms with Gasteiger partial charge in [-0.3, -0.25) is 4.79 Å². The third-order valence-corrected chi connectivity index (χ3v) is 4.29. The Balaban J connectivity index is 1.79. The Kier molecular flexibility index (Phi) is 4.04. The average molecular weight is 362 g/mol. The predicted molar refractivity (Wildman–Crippen MR) is 103 cm³/mol. The number of H-pyrrole nitrogens is 1. The normalized spacial score (nSPS) is 11.6. The van der Waals surface area contributed by atoms with Crippen molar-refractivity contribution in [1.82, 2.24) is 14.6 Å². The molecule has 4 rings (SSSR count). The molecule has 0 aliphatic rings. The molecule has 6 nitrogen and oxygen atoms in total. The molecule has 0 radical (unpaired) electrons. The van der Waals surface area contributed by atoms with E-state index in [4.69, 9.17) is 0 Å². The van der Waals surface area contributed by atoms with Crippen molar-refractivity contribution in [3.63, 3.8) is 0 Å². The van der Waals surface area contributed by atoms with Crippen molar-refractivity contribution in [2.75, 3.05) is 0 Å². The molecule has 0 bridgehead atoms. The van der Waals surface area contributed by atoms with Crippen molar-refractivity contribution in [3.05, 3.63) is 82.7 Å². The van der Waals surface area contributed by atoms with Crippen molar-refractivity contribution < 1.29 is 9.50 Å². The van der Waals surface area contributed by atoms with Crippen LogP contribution in [0.25, 0.3) is 21.9 Å². The van der Waals surface area contributed by atoms with Crippen LogP contribution < -0.4 is 5.56 Å². The van der Waals surface area contributed by atoms with Crippen LogP contribution >= 0.6 is 0 Å². The number of aromatic nitrogens is 3. The van der Waals surface area contributed by atoms with E-state index in [0.717, 1.165) is 4.68 Å². The number of aromatic hydroxyl groups is 1. The van der Waals surface area contributed by atoms with Crippen LogP contribution in [0.15, 0.2) is 65.3 Å². The Morgan fingerprint density at radius 1 is 1.33 bits per heavy atom. The van der Waals surface area contributed by atoms with Crippen LogP contribution in [0.2, 0.25) is 0 Å². The molecular weight excluding hydrogens is 347 g/mol. The van der Waals surface area contributed by atoms with Gasteiger partial charge in [-0.2, -0.15) is 9.78 Å². The summed E-state index contributed by atoms with van der Waals surface area (Å²) in [6, 6.07) is 9.47. The fourth-order valence-corrected chi connectivity index (χ4v) is 2.96. The number of nitrogens with one attached hydrogen (secondary N) is 1. The molecule has 0 unspecified atom stereocenters. The predicted octanol–water partition coefficient (Wildman–Crippen LogP) is 3.33. The summed E-state index contributed by atoms with van der Waals surface area (Å²) in [7, 11) is 0. The van der Waals surface area contributed by atoms with Crippen LogP contribution in [0.4, 0.5) is 4.39 Å². The molecule has 0 saturated heterocycles. The van der Waals surface area contributed by atoms with Gasteiger partial charge in [-0.05, 0) is 36.2 Å². The number of nitrogens with zero attached hydrogens (tertiary/aromatic N) is 3. The van der Waals surface area contributed by atoms with Crippen molar-refractivity contribution in [2.45, 2.75) is 6.42 Å². The highest BCUT2D eigenvalue weighted by atomic mass is 19.1. The van der Waals surface area contributed by atoms with Gasteiger partial charge in [0.05, 0.1) is 6.21 Å². The molecule has 2 aromatic carbocycles. The third-order valence-electron chi connectivity index (χ3n) is 4.29. The SMILES string of the molecule is C=CCc1cccc(C=Nn2cnc3c([nH]c4ccc(F)cc43)c2=O)c1O. The number of rotatable bonds is 4. The van der Waals surface area contributed by atoms with E-state index in [1.54, 1.807) is 30.3 Å². The van der Waals surface area contributed by atoms with Crippen LogP contribution in [0.1, 0.15) is 11.1 Å². The summed E-state index contributed by atoms with van der Waals surface area (Å²) >= 11 is 0. The Morgan fingerprint density at radius 3 is 3.00 bits per heavy atom. The summed E-state index contributed by atoms with van der Waals surface area (Å²) in [6.07, 6.45) is 4.87. The van der Waals surface area contributed by atoms with Gasteiger partial charge in [0, 0.05) is 16.5 Å². The minimum absolute atomic E-state index is 0.0873. The molecule has 134 valence electrons. The number of allylic oxidation sites excluding steroid dienone is 1. The van der Waals surface area contributed by atoms with Crippen molar-refractivity contribution in [2.24, 2.45) is 5.10 Å². The second-order valence-corrected chi connectivity index (χ2v) is 6.03. The number of aromatic amines is 1. The number of phenols is 1. The molecule has 2 N–H and O–H groups in total. The molecule has 0 saturated carbocycles. The fourth-order valence-electron chi connectivity index (χ4n) is 2.96. The van der Waals surface area contributed by atoms with Crippen LogP contribution in [0.3, 0.4) is 0 Å². The molecule has 2 heterocycles. The zero-order chi connectivity index (χ0) is 19.0. The average Bonchev–Trinajstić information content (AvgIpc) is 3.03.